The summed E-state index contributed by atoms with van der Waals surface area (Å²) in [6, 6.07) is 33.7. The second kappa shape index (κ2) is 8.90. The van der Waals surface area contributed by atoms with Crippen molar-refractivity contribution in [2.45, 2.75) is 21.3 Å². The fraction of sp³-hybridized carbons (Fsp3) is 0.0769. The minimum absolute atomic E-state index is 0.810. The van der Waals surface area contributed by atoms with Gasteiger partial charge in [-0.3, -0.25) is 0 Å². The number of thioether (sulfide) groups is 2. The minimum atomic E-state index is 0.810. The Bertz CT molecular complexity index is 1190. The molecule has 4 aromatic carbocycles. The Kier molecular flexibility index (Phi) is 5.69. The first-order valence-corrected chi connectivity index (χ1v) is 11.9. The van der Waals surface area contributed by atoms with E-state index in [0.717, 1.165) is 33.9 Å². The van der Waals surface area contributed by atoms with Crippen LogP contribution >= 0.6 is 23.5 Å². The van der Waals surface area contributed by atoms with Crippen molar-refractivity contribution < 1.29 is 0 Å². The van der Waals surface area contributed by atoms with Gasteiger partial charge >= 0.3 is 0 Å². The number of aromatic nitrogens is 2. The molecule has 2 nitrogen and oxygen atoms in total. The number of hydrogen-bond donors (Lipinski definition) is 0. The first kappa shape index (κ1) is 19.2. The van der Waals surface area contributed by atoms with Crippen LogP contribution in [0.3, 0.4) is 0 Å². The molecule has 0 saturated carbocycles. The van der Waals surface area contributed by atoms with E-state index in [1.807, 2.05) is 35.7 Å². The summed E-state index contributed by atoms with van der Waals surface area (Å²) >= 11 is 3.62. The Hall–Kier alpha value is -2.82. The molecule has 0 aliphatic heterocycles. The molecular weight excluding hydrogens is 404 g/mol. The first-order chi connectivity index (χ1) is 14.8. The van der Waals surface area contributed by atoms with Crippen LogP contribution in [0.5, 0.6) is 0 Å². The third kappa shape index (κ3) is 4.35. The molecule has 146 valence electrons. The average Bonchev–Trinajstić information content (AvgIpc) is 2.81. The highest BCUT2D eigenvalue weighted by Crippen LogP contribution is 2.29. The van der Waals surface area contributed by atoms with Crippen molar-refractivity contribution in [2.75, 3.05) is 0 Å². The molecule has 5 aromatic rings. The molecule has 0 bridgehead atoms. The highest BCUT2D eigenvalue weighted by molar-refractivity contribution is 7.99. The van der Waals surface area contributed by atoms with Crippen LogP contribution in [0.1, 0.15) is 11.4 Å². The average molecular weight is 425 g/mol. The van der Waals surface area contributed by atoms with Crippen LogP contribution in [-0.2, 0) is 11.5 Å². The zero-order valence-electron chi connectivity index (χ0n) is 16.4. The standard InChI is InChI=1S/C26H20N2S2/c1-3-11-21(12-4-1)29-17-25-26(18-30-22-13-5-2-6-14-22)28-24-16-20-10-8-7-9-19(20)15-23(24)27-25/h1-16H,17-18H2. The lowest BCUT2D eigenvalue weighted by Gasteiger charge is -2.11. The van der Waals surface area contributed by atoms with Gasteiger partial charge in [0.15, 0.2) is 0 Å². The summed E-state index contributed by atoms with van der Waals surface area (Å²) < 4.78 is 0. The lowest BCUT2D eigenvalue weighted by atomic mass is 10.1. The molecule has 1 aromatic heterocycles. The SMILES string of the molecule is c1ccc(SCc2nc3cc4ccccc4cc3nc2CSc2ccccc2)cc1. The van der Waals surface area contributed by atoms with E-state index in [4.69, 9.17) is 9.97 Å². The van der Waals surface area contributed by atoms with Crippen molar-refractivity contribution in [1.29, 1.82) is 0 Å². The number of fused-ring (bicyclic) bond motifs is 2. The third-order valence-electron chi connectivity index (χ3n) is 4.92. The lowest BCUT2D eigenvalue weighted by Crippen LogP contribution is -2.01. The van der Waals surface area contributed by atoms with E-state index in [9.17, 15) is 0 Å². The summed E-state index contributed by atoms with van der Waals surface area (Å²) in [4.78, 5) is 12.6. The highest BCUT2D eigenvalue weighted by atomic mass is 32.2. The summed E-state index contributed by atoms with van der Waals surface area (Å²) in [5.41, 5.74) is 4.06. The summed E-state index contributed by atoms with van der Waals surface area (Å²) in [6.45, 7) is 0. The fourth-order valence-electron chi connectivity index (χ4n) is 3.38. The summed E-state index contributed by atoms with van der Waals surface area (Å²) in [7, 11) is 0. The molecule has 0 fully saturated rings. The van der Waals surface area contributed by atoms with Crippen molar-refractivity contribution in [3.63, 3.8) is 0 Å². The molecule has 0 aliphatic rings. The zero-order valence-corrected chi connectivity index (χ0v) is 18.0. The van der Waals surface area contributed by atoms with E-state index in [0.29, 0.717) is 0 Å². The van der Waals surface area contributed by atoms with E-state index in [-0.39, 0.29) is 0 Å². The van der Waals surface area contributed by atoms with Gasteiger partial charge in [0.25, 0.3) is 0 Å². The van der Waals surface area contributed by atoms with Crippen LogP contribution < -0.4 is 0 Å². The second-order valence-corrected chi connectivity index (χ2v) is 9.11. The maximum Gasteiger partial charge on any atom is 0.0897 e. The van der Waals surface area contributed by atoms with Gasteiger partial charge in [-0.15, -0.1) is 23.5 Å². The second-order valence-electron chi connectivity index (χ2n) is 7.01. The topological polar surface area (TPSA) is 25.8 Å². The molecular formula is C26H20N2S2. The molecule has 0 amide bonds. The molecule has 0 atom stereocenters. The van der Waals surface area contributed by atoms with Gasteiger partial charge in [-0.05, 0) is 47.2 Å². The van der Waals surface area contributed by atoms with Crippen molar-refractivity contribution in [2.24, 2.45) is 0 Å². The summed E-state index contributed by atoms with van der Waals surface area (Å²) in [5.74, 6) is 1.62. The van der Waals surface area contributed by atoms with Gasteiger partial charge in [-0.2, -0.15) is 0 Å². The van der Waals surface area contributed by atoms with Crippen molar-refractivity contribution in [1.82, 2.24) is 9.97 Å². The van der Waals surface area contributed by atoms with Crippen LogP contribution in [-0.4, -0.2) is 9.97 Å². The number of nitrogens with zero attached hydrogens (tertiary/aromatic N) is 2. The monoisotopic (exact) mass is 424 g/mol. The summed E-state index contributed by atoms with van der Waals surface area (Å²) in [6.07, 6.45) is 0. The lowest BCUT2D eigenvalue weighted by molar-refractivity contribution is 1.07. The molecule has 30 heavy (non-hydrogen) atoms. The number of benzene rings is 4. The van der Waals surface area contributed by atoms with Gasteiger partial charge in [0.2, 0.25) is 0 Å². The molecule has 0 saturated heterocycles. The van der Waals surface area contributed by atoms with Crippen LogP contribution in [0.2, 0.25) is 0 Å². The normalized spacial score (nSPS) is 11.2. The van der Waals surface area contributed by atoms with Gasteiger partial charge in [0.1, 0.15) is 0 Å². The Balaban J connectivity index is 1.51. The van der Waals surface area contributed by atoms with Crippen molar-refractivity contribution >= 4 is 45.3 Å². The van der Waals surface area contributed by atoms with Gasteiger partial charge < -0.3 is 0 Å². The number of rotatable bonds is 6. The van der Waals surface area contributed by atoms with Gasteiger partial charge in [-0.25, -0.2) is 9.97 Å². The Morgan fingerprint density at radius 1 is 0.500 bits per heavy atom. The van der Waals surface area contributed by atoms with E-state index in [2.05, 4.69) is 84.9 Å². The maximum absolute atomic E-state index is 5.06. The Labute approximate surface area is 184 Å². The van der Waals surface area contributed by atoms with E-state index >= 15 is 0 Å². The Morgan fingerprint density at radius 2 is 0.900 bits per heavy atom. The van der Waals surface area contributed by atoms with Gasteiger partial charge in [0.05, 0.1) is 22.4 Å². The molecule has 0 unspecified atom stereocenters. The fourth-order valence-corrected chi connectivity index (χ4v) is 5.15. The molecule has 0 aliphatic carbocycles. The van der Waals surface area contributed by atoms with Gasteiger partial charge in [0, 0.05) is 21.3 Å². The maximum atomic E-state index is 5.06. The van der Waals surface area contributed by atoms with Crippen LogP contribution in [0.4, 0.5) is 0 Å². The predicted octanol–water partition coefficient (Wildman–Crippen LogP) is 7.37. The van der Waals surface area contributed by atoms with Crippen LogP contribution in [0, 0.1) is 0 Å². The molecule has 1 heterocycles. The van der Waals surface area contributed by atoms with E-state index < -0.39 is 0 Å². The predicted molar refractivity (Wildman–Crippen MR) is 129 cm³/mol. The minimum Gasteiger partial charge on any atom is -0.248 e. The zero-order chi connectivity index (χ0) is 20.2. The third-order valence-corrected chi connectivity index (χ3v) is 6.97. The smallest absolute Gasteiger partial charge is 0.0897 e. The highest BCUT2D eigenvalue weighted by Gasteiger charge is 2.11. The van der Waals surface area contributed by atoms with Crippen LogP contribution in [0.25, 0.3) is 21.8 Å². The van der Waals surface area contributed by atoms with Crippen LogP contribution in [0.15, 0.2) is 107 Å². The summed E-state index contributed by atoms with van der Waals surface area (Å²) in [5, 5.41) is 2.40. The van der Waals surface area contributed by atoms with Crippen molar-refractivity contribution in [3.8, 4) is 0 Å². The van der Waals surface area contributed by atoms with Crippen molar-refractivity contribution in [3.05, 3.63) is 108 Å². The quantitative estimate of drug-likeness (QED) is 0.210. The molecule has 5 rings (SSSR count). The van der Waals surface area contributed by atoms with E-state index in [1.54, 1.807) is 0 Å². The van der Waals surface area contributed by atoms with Gasteiger partial charge in [-0.1, -0.05) is 60.7 Å². The largest absolute Gasteiger partial charge is 0.248 e. The molecule has 0 spiro atoms. The molecule has 0 N–H and O–H groups in total. The Morgan fingerprint density at radius 3 is 1.33 bits per heavy atom. The number of hydrogen-bond acceptors (Lipinski definition) is 4. The molecule has 4 heteroatoms. The van der Waals surface area contributed by atoms with E-state index in [1.165, 1.54) is 20.6 Å². The first-order valence-electron chi connectivity index (χ1n) is 9.89. The molecule has 0 radical (unpaired) electrons.